The van der Waals surface area contributed by atoms with Crippen LogP contribution in [0.1, 0.15) is 25.0 Å². The molecule has 0 bridgehead atoms. The van der Waals surface area contributed by atoms with E-state index >= 15 is 0 Å². The molecule has 0 aliphatic carbocycles. The van der Waals surface area contributed by atoms with Crippen molar-refractivity contribution in [2.24, 2.45) is 0 Å². The maximum atomic E-state index is 12.0. The summed E-state index contributed by atoms with van der Waals surface area (Å²) in [5, 5.41) is 2.96. The fraction of sp³-hybridized carbons (Fsp3) is 0.368. The maximum Gasteiger partial charge on any atom is 0.234 e. The van der Waals surface area contributed by atoms with E-state index in [1.54, 1.807) is 18.0 Å². The summed E-state index contributed by atoms with van der Waals surface area (Å²) in [6.07, 6.45) is 5.65. The fourth-order valence-electron chi connectivity index (χ4n) is 2.84. The van der Waals surface area contributed by atoms with Gasteiger partial charge in [-0.25, -0.2) is 0 Å². The van der Waals surface area contributed by atoms with Crippen LogP contribution in [0.3, 0.4) is 0 Å². The summed E-state index contributed by atoms with van der Waals surface area (Å²) in [5.41, 5.74) is 3.11. The molecule has 1 amide bonds. The van der Waals surface area contributed by atoms with Crippen LogP contribution in [-0.4, -0.2) is 29.7 Å². The van der Waals surface area contributed by atoms with E-state index in [0.717, 1.165) is 30.2 Å². The summed E-state index contributed by atoms with van der Waals surface area (Å²) < 4.78 is 0. The van der Waals surface area contributed by atoms with Crippen LogP contribution in [0.15, 0.2) is 48.7 Å². The number of hydrogen-bond donors (Lipinski definition) is 1. The molecule has 0 radical (unpaired) electrons. The van der Waals surface area contributed by atoms with Crippen molar-refractivity contribution in [3.05, 3.63) is 54.4 Å². The highest BCUT2D eigenvalue weighted by Gasteiger charge is 2.11. The first kappa shape index (κ1) is 16.8. The molecule has 1 aliphatic heterocycles. The number of nitrogens with one attached hydrogen (secondary N) is 1. The molecule has 1 aromatic carbocycles. The number of rotatable bonds is 6. The van der Waals surface area contributed by atoms with E-state index in [4.69, 9.17) is 0 Å². The first-order chi connectivity index (χ1) is 11.8. The van der Waals surface area contributed by atoms with Crippen molar-refractivity contribution in [3.8, 4) is 0 Å². The Hall–Kier alpha value is -2.01. The van der Waals surface area contributed by atoms with Crippen LogP contribution in [0.5, 0.6) is 0 Å². The predicted molar refractivity (Wildman–Crippen MR) is 102 cm³/mol. The summed E-state index contributed by atoms with van der Waals surface area (Å²) in [6, 6.07) is 14.0. The lowest BCUT2D eigenvalue weighted by Crippen LogP contribution is -2.29. The average molecular weight is 341 g/mol. The number of anilines is 2. The van der Waals surface area contributed by atoms with Crippen molar-refractivity contribution >= 4 is 29.0 Å². The van der Waals surface area contributed by atoms with Gasteiger partial charge in [0.2, 0.25) is 5.91 Å². The van der Waals surface area contributed by atoms with Crippen molar-refractivity contribution in [3.63, 3.8) is 0 Å². The van der Waals surface area contributed by atoms with E-state index in [2.05, 4.69) is 27.3 Å². The molecule has 24 heavy (non-hydrogen) atoms. The highest BCUT2D eigenvalue weighted by Crippen LogP contribution is 2.22. The van der Waals surface area contributed by atoms with E-state index in [-0.39, 0.29) is 5.91 Å². The zero-order chi connectivity index (χ0) is 16.6. The van der Waals surface area contributed by atoms with Crippen molar-refractivity contribution in [2.45, 2.75) is 25.0 Å². The molecule has 0 atom stereocenters. The van der Waals surface area contributed by atoms with Gasteiger partial charge >= 0.3 is 0 Å². The standard InChI is InChI=1S/C19H23N3OS/c23-19(15-24-14-17-6-2-3-11-20-17)21-16-7-9-18(10-8-16)22-12-4-1-5-13-22/h2-3,6-11H,1,4-5,12-15H2,(H,21,23). The van der Waals surface area contributed by atoms with Crippen LogP contribution in [-0.2, 0) is 10.5 Å². The second-order valence-electron chi connectivity index (χ2n) is 5.96. The molecule has 2 heterocycles. The molecular weight excluding hydrogens is 318 g/mol. The first-order valence-corrected chi connectivity index (χ1v) is 9.59. The SMILES string of the molecule is O=C(CSCc1ccccn1)Nc1ccc(N2CCCCC2)cc1. The molecule has 1 aliphatic rings. The largest absolute Gasteiger partial charge is 0.372 e. The fourth-order valence-corrected chi connectivity index (χ4v) is 3.58. The van der Waals surface area contributed by atoms with Gasteiger partial charge in [-0.1, -0.05) is 6.07 Å². The molecule has 2 aromatic rings. The lowest BCUT2D eigenvalue weighted by molar-refractivity contribution is -0.113. The topological polar surface area (TPSA) is 45.2 Å². The van der Waals surface area contributed by atoms with Gasteiger partial charge in [0, 0.05) is 36.4 Å². The molecule has 4 nitrogen and oxygen atoms in total. The zero-order valence-electron chi connectivity index (χ0n) is 13.8. The number of carbonyl (C=O) groups excluding carboxylic acids is 1. The average Bonchev–Trinajstić information content (AvgIpc) is 2.64. The highest BCUT2D eigenvalue weighted by molar-refractivity contribution is 7.99. The Bertz CT molecular complexity index is 639. The Balaban J connectivity index is 1.44. The van der Waals surface area contributed by atoms with Gasteiger partial charge in [0.05, 0.1) is 11.4 Å². The van der Waals surface area contributed by atoms with Gasteiger partial charge in [-0.3, -0.25) is 9.78 Å². The van der Waals surface area contributed by atoms with E-state index < -0.39 is 0 Å². The van der Waals surface area contributed by atoms with E-state index in [1.807, 2.05) is 30.3 Å². The second kappa shape index (κ2) is 8.73. The van der Waals surface area contributed by atoms with Gasteiger partial charge < -0.3 is 10.2 Å². The Morgan fingerprint density at radius 1 is 1.08 bits per heavy atom. The van der Waals surface area contributed by atoms with Crippen molar-refractivity contribution in [1.29, 1.82) is 0 Å². The monoisotopic (exact) mass is 341 g/mol. The Morgan fingerprint density at radius 3 is 2.58 bits per heavy atom. The number of hydrogen-bond acceptors (Lipinski definition) is 4. The maximum absolute atomic E-state index is 12.0. The molecule has 1 fully saturated rings. The van der Waals surface area contributed by atoms with Crippen LogP contribution in [0.2, 0.25) is 0 Å². The third-order valence-electron chi connectivity index (χ3n) is 4.08. The van der Waals surface area contributed by atoms with Gasteiger partial charge in [-0.05, 0) is 55.7 Å². The summed E-state index contributed by atoms with van der Waals surface area (Å²) in [5.74, 6) is 1.22. The lowest BCUT2D eigenvalue weighted by Gasteiger charge is -2.28. The minimum absolute atomic E-state index is 0.0293. The van der Waals surface area contributed by atoms with Gasteiger partial charge in [-0.15, -0.1) is 11.8 Å². The van der Waals surface area contributed by atoms with Gasteiger partial charge in [0.25, 0.3) is 0 Å². The zero-order valence-corrected chi connectivity index (χ0v) is 14.6. The summed E-state index contributed by atoms with van der Waals surface area (Å²) in [7, 11) is 0. The van der Waals surface area contributed by atoms with Crippen LogP contribution >= 0.6 is 11.8 Å². The number of aromatic nitrogens is 1. The van der Waals surface area contributed by atoms with Crippen molar-refractivity contribution in [2.75, 3.05) is 29.1 Å². The predicted octanol–water partition coefficient (Wildman–Crippen LogP) is 3.94. The molecule has 0 unspecified atom stereocenters. The normalized spacial score (nSPS) is 14.4. The number of piperidine rings is 1. The van der Waals surface area contributed by atoms with Crippen molar-refractivity contribution in [1.82, 2.24) is 4.98 Å². The third-order valence-corrected chi connectivity index (χ3v) is 5.05. The first-order valence-electron chi connectivity index (χ1n) is 8.44. The summed E-state index contributed by atoms with van der Waals surface area (Å²) in [6.45, 7) is 2.27. The quantitative estimate of drug-likeness (QED) is 0.864. The number of pyridine rings is 1. The number of thioether (sulfide) groups is 1. The molecule has 0 saturated carbocycles. The number of amides is 1. The minimum Gasteiger partial charge on any atom is -0.372 e. The Kier molecular flexibility index (Phi) is 6.13. The van der Waals surface area contributed by atoms with Crippen LogP contribution < -0.4 is 10.2 Å². The van der Waals surface area contributed by atoms with Gasteiger partial charge in [-0.2, -0.15) is 0 Å². The smallest absolute Gasteiger partial charge is 0.234 e. The highest BCUT2D eigenvalue weighted by atomic mass is 32.2. The third kappa shape index (κ3) is 4.99. The van der Waals surface area contributed by atoms with Crippen molar-refractivity contribution < 1.29 is 4.79 Å². The van der Waals surface area contributed by atoms with E-state index in [9.17, 15) is 4.79 Å². The van der Waals surface area contributed by atoms with Crippen LogP contribution in [0, 0.1) is 0 Å². The molecule has 126 valence electrons. The summed E-state index contributed by atoms with van der Waals surface area (Å²) in [4.78, 5) is 18.7. The van der Waals surface area contributed by atoms with E-state index in [1.165, 1.54) is 24.9 Å². The molecule has 1 aromatic heterocycles. The molecule has 1 saturated heterocycles. The van der Waals surface area contributed by atoms with Gasteiger partial charge in [0.1, 0.15) is 0 Å². The molecule has 0 spiro atoms. The summed E-state index contributed by atoms with van der Waals surface area (Å²) >= 11 is 1.58. The molecule has 1 N–H and O–H groups in total. The number of benzene rings is 1. The molecular formula is C19H23N3OS. The van der Waals surface area contributed by atoms with Crippen LogP contribution in [0.25, 0.3) is 0 Å². The van der Waals surface area contributed by atoms with Gasteiger partial charge in [0.15, 0.2) is 0 Å². The molecule has 3 rings (SSSR count). The number of nitrogens with zero attached hydrogens (tertiary/aromatic N) is 2. The lowest BCUT2D eigenvalue weighted by atomic mass is 10.1. The Labute approximate surface area is 147 Å². The molecule has 5 heteroatoms. The van der Waals surface area contributed by atoms with E-state index in [0.29, 0.717) is 5.75 Å². The van der Waals surface area contributed by atoms with Crippen LogP contribution in [0.4, 0.5) is 11.4 Å². The second-order valence-corrected chi connectivity index (χ2v) is 6.94. The Morgan fingerprint density at radius 2 is 1.88 bits per heavy atom. The number of carbonyl (C=O) groups is 1. The minimum atomic E-state index is 0.0293.